The summed E-state index contributed by atoms with van der Waals surface area (Å²) in [6.45, 7) is 3.44. The molecule has 1 heterocycles. The van der Waals surface area contributed by atoms with E-state index in [1.54, 1.807) is 0 Å². The summed E-state index contributed by atoms with van der Waals surface area (Å²) < 4.78 is 0. The van der Waals surface area contributed by atoms with E-state index in [1.165, 1.54) is 6.42 Å². The highest BCUT2D eigenvalue weighted by atomic mass is 16.3. The minimum absolute atomic E-state index is 0.00713. The molecule has 0 unspecified atom stereocenters. The Morgan fingerprint density at radius 3 is 2.58 bits per heavy atom. The van der Waals surface area contributed by atoms with Crippen molar-refractivity contribution >= 4 is 0 Å². The van der Waals surface area contributed by atoms with Gasteiger partial charge in [-0.15, -0.1) is 0 Å². The summed E-state index contributed by atoms with van der Waals surface area (Å²) in [5, 5.41) is 19.5. The fraction of sp³-hybridized carbons (Fsp3) is 0.625. The fourth-order valence-corrected chi connectivity index (χ4v) is 3.36. The van der Waals surface area contributed by atoms with Gasteiger partial charge in [-0.2, -0.15) is 0 Å². The van der Waals surface area contributed by atoms with E-state index in [0.29, 0.717) is 5.92 Å². The van der Waals surface area contributed by atoms with Gasteiger partial charge >= 0.3 is 0 Å². The van der Waals surface area contributed by atoms with Crippen LogP contribution in [0.5, 0.6) is 0 Å². The van der Waals surface area contributed by atoms with Crippen molar-refractivity contribution < 1.29 is 10.2 Å². The van der Waals surface area contributed by atoms with Crippen molar-refractivity contribution in [3.05, 3.63) is 35.9 Å². The molecule has 0 bridgehead atoms. The third kappa shape index (κ3) is 3.16. The van der Waals surface area contributed by atoms with Crippen molar-refractivity contribution in [3.63, 3.8) is 0 Å². The zero-order valence-electron chi connectivity index (χ0n) is 11.7. The molecule has 1 saturated heterocycles. The van der Waals surface area contributed by atoms with Crippen LogP contribution >= 0.6 is 0 Å². The number of hydrogen-bond acceptors (Lipinski definition) is 3. The summed E-state index contributed by atoms with van der Waals surface area (Å²) in [5.74, 6) is 0.538. The second-order valence-corrected chi connectivity index (χ2v) is 5.41. The summed E-state index contributed by atoms with van der Waals surface area (Å²) >= 11 is 0. The highest BCUT2D eigenvalue weighted by Gasteiger charge is 2.34. The zero-order chi connectivity index (χ0) is 13.7. The van der Waals surface area contributed by atoms with Gasteiger partial charge in [-0.3, -0.25) is 4.90 Å². The molecule has 3 atom stereocenters. The first kappa shape index (κ1) is 14.5. The molecule has 0 aliphatic carbocycles. The standard InChI is InChI=1S/C16H25NO2/c1-2-13-9-6-10-17(15(13)11-18)16(12-19)14-7-4-3-5-8-14/h3-5,7-8,13,15-16,18-19H,2,6,9-12H2,1H3/t13-,15+,16-/m0/s1. The number of nitrogens with zero attached hydrogens (tertiary/aromatic N) is 1. The van der Waals surface area contributed by atoms with E-state index in [4.69, 9.17) is 0 Å². The summed E-state index contributed by atoms with van der Waals surface area (Å²) in [5.41, 5.74) is 1.14. The molecule has 0 amide bonds. The van der Waals surface area contributed by atoms with Gasteiger partial charge < -0.3 is 10.2 Å². The van der Waals surface area contributed by atoms with Gasteiger partial charge in [-0.05, 0) is 30.9 Å². The second-order valence-electron chi connectivity index (χ2n) is 5.41. The second kappa shape index (κ2) is 7.04. The lowest BCUT2D eigenvalue weighted by Crippen LogP contribution is -2.49. The van der Waals surface area contributed by atoms with E-state index in [-0.39, 0.29) is 25.3 Å². The lowest BCUT2D eigenvalue weighted by molar-refractivity contribution is -0.00524. The van der Waals surface area contributed by atoms with E-state index < -0.39 is 0 Å². The fourth-order valence-electron chi connectivity index (χ4n) is 3.36. The maximum absolute atomic E-state index is 9.78. The molecule has 1 aliphatic heterocycles. The molecule has 1 aromatic carbocycles. The molecule has 3 nitrogen and oxygen atoms in total. The predicted molar refractivity (Wildman–Crippen MR) is 76.9 cm³/mol. The lowest BCUT2D eigenvalue weighted by atomic mass is 9.85. The average molecular weight is 263 g/mol. The molecular formula is C16H25NO2. The molecule has 0 radical (unpaired) electrons. The molecular weight excluding hydrogens is 238 g/mol. The van der Waals surface area contributed by atoms with E-state index in [0.717, 1.165) is 24.9 Å². The van der Waals surface area contributed by atoms with E-state index in [9.17, 15) is 10.2 Å². The number of aliphatic hydroxyl groups excluding tert-OH is 2. The molecule has 2 N–H and O–H groups in total. The number of rotatable bonds is 5. The van der Waals surface area contributed by atoms with E-state index in [1.807, 2.05) is 18.2 Å². The molecule has 3 heteroatoms. The van der Waals surface area contributed by atoms with Gasteiger partial charge in [-0.1, -0.05) is 43.7 Å². The van der Waals surface area contributed by atoms with Crippen molar-refractivity contribution in [2.75, 3.05) is 19.8 Å². The van der Waals surface area contributed by atoms with Gasteiger partial charge in [0, 0.05) is 6.04 Å². The smallest absolute Gasteiger partial charge is 0.0628 e. The molecule has 0 saturated carbocycles. The minimum atomic E-state index is 0.00713. The third-order valence-electron chi connectivity index (χ3n) is 4.43. The summed E-state index contributed by atoms with van der Waals surface area (Å²) in [4.78, 5) is 2.30. The summed E-state index contributed by atoms with van der Waals surface area (Å²) in [7, 11) is 0. The number of piperidine rings is 1. The highest BCUT2D eigenvalue weighted by Crippen LogP contribution is 2.32. The van der Waals surface area contributed by atoms with Crippen LogP contribution in [0.25, 0.3) is 0 Å². The lowest BCUT2D eigenvalue weighted by Gasteiger charge is -2.44. The van der Waals surface area contributed by atoms with Crippen molar-refractivity contribution in [3.8, 4) is 0 Å². The van der Waals surface area contributed by atoms with Gasteiger partial charge in [0.2, 0.25) is 0 Å². The SMILES string of the molecule is CC[C@H]1CCCN([C@@H](CO)c2ccccc2)[C@@H]1CO. The van der Waals surface area contributed by atoms with E-state index >= 15 is 0 Å². The van der Waals surface area contributed by atoms with Crippen LogP contribution in [0, 0.1) is 5.92 Å². The maximum atomic E-state index is 9.78. The van der Waals surface area contributed by atoms with Crippen LogP contribution in [0.15, 0.2) is 30.3 Å². The Morgan fingerprint density at radius 1 is 1.26 bits per heavy atom. The Bertz CT molecular complexity index is 368. The van der Waals surface area contributed by atoms with Crippen LogP contribution in [0.4, 0.5) is 0 Å². The van der Waals surface area contributed by atoms with Crippen molar-refractivity contribution in [2.45, 2.75) is 38.3 Å². The van der Waals surface area contributed by atoms with Crippen molar-refractivity contribution in [1.29, 1.82) is 0 Å². The average Bonchev–Trinajstić information content (AvgIpc) is 2.48. The first-order valence-electron chi connectivity index (χ1n) is 7.34. The van der Waals surface area contributed by atoms with Crippen LogP contribution in [0.2, 0.25) is 0 Å². The Morgan fingerprint density at radius 2 is 2.00 bits per heavy atom. The monoisotopic (exact) mass is 263 g/mol. The zero-order valence-corrected chi connectivity index (χ0v) is 11.7. The molecule has 19 heavy (non-hydrogen) atoms. The number of aliphatic hydroxyl groups is 2. The molecule has 0 spiro atoms. The van der Waals surface area contributed by atoms with Crippen LogP contribution in [0.3, 0.4) is 0 Å². The van der Waals surface area contributed by atoms with Crippen LogP contribution in [-0.4, -0.2) is 40.9 Å². The van der Waals surface area contributed by atoms with Gasteiger partial charge in [-0.25, -0.2) is 0 Å². The van der Waals surface area contributed by atoms with Crippen molar-refractivity contribution in [1.82, 2.24) is 4.90 Å². The van der Waals surface area contributed by atoms with Crippen molar-refractivity contribution in [2.24, 2.45) is 5.92 Å². The molecule has 1 fully saturated rings. The summed E-state index contributed by atoms with van der Waals surface area (Å²) in [6, 6.07) is 10.3. The number of benzene rings is 1. The Labute approximate surface area is 115 Å². The molecule has 0 aromatic heterocycles. The maximum Gasteiger partial charge on any atom is 0.0628 e. The quantitative estimate of drug-likeness (QED) is 0.856. The van der Waals surface area contributed by atoms with Gasteiger partial charge in [0.1, 0.15) is 0 Å². The highest BCUT2D eigenvalue weighted by molar-refractivity contribution is 5.19. The minimum Gasteiger partial charge on any atom is -0.395 e. The van der Waals surface area contributed by atoms with Crippen LogP contribution in [0.1, 0.15) is 37.8 Å². The Hall–Kier alpha value is -0.900. The normalized spacial score (nSPS) is 26.3. The third-order valence-corrected chi connectivity index (χ3v) is 4.43. The van der Waals surface area contributed by atoms with Crippen LogP contribution in [-0.2, 0) is 0 Å². The molecule has 1 aromatic rings. The molecule has 1 aliphatic rings. The first-order chi connectivity index (χ1) is 9.31. The Balaban J connectivity index is 2.21. The van der Waals surface area contributed by atoms with Gasteiger partial charge in [0.15, 0.2) is 0 Å². The van der Waals surface area contributed by atoms with Gasteiger partial charge in [0.05, 0.1) is 19.3 Å². The predicted octanol–water partition coefficient (Wildman–Crippen LogP) is 2.20. The largest absolute Gasteiger partial charge is 0.395 e. The number of hydrogen-bond donors (Lipinski definition) is 2. The van der Waals surface area contributed by atoms with Gasteiger partial charge in [0.25, 0.3) is 0 Å². The van der Waals surface area contributed by atoms with E-state index in [2.05, 4.69) is 24.0 Å². The summed E-state index contributed by atoms with van der Waals surface area (Å²) in [6.07, 6.45) is 3.43. The first-order valence-corrected chi connectivity index (χ1v) is 7.34. The molecule has 106 valence electrons. The molecule has 2 rings (SSSR count). The Kier molecular flexibility index (Phi) is 5.37. The topological polar surface area (TPSA) is 43.7 Å². The number of likely N-dealkylation sites (tertiary alicyclic amines) is 1. The van der Waals surface area contributed by atoms with Crippen LogP contribution < -0.4 is 0 Å².